The van der Waals surface area contributed by atoms with Crippen LogP contribution in [0.2, 0.25) is 0 Å². The number of alkyl halides is 1. The molecule has 0 rings (SSSR count). The van der Waals surface area contributed by atoms with E-state index in [-0.39, 0.29) is 0 Å². The normalized spacial score (nSPS) is 10.0. The van der Waals surface area contributed by atoms with Crippen LogP contribution in [-0.2, 0) is 0 Å². The van der Waals surface area contributed by atoms with Crippen LogP contribution in [0.15, 0.2) is 6.08 Å². The molecular formula is C4H6F. The van der Waals surface area contributed by atoms with Crippen LogP contribution < -0.4 is 0 Å². The van der Waals surface area contributed by atoms with Gasteiger partial charge in [-0.3, -0.25) is 0 Å². The van der Waals surface area contributed by atoms with Gasteiger partial charge in [-0.25, -0.2) is 4.39 Å². The molecule has 0 spiro atoms. The quantitative estimate of drug-likeness (QED) is 0.439. The fourth-order valence-corrected chi connectivity index (χ4v) is 0.0772. The van der Waals surface area contributed by atoms with Crippen LogP contribution in [0.3, 0.4) is 0 Å². The van der Waals surface area contributed by atoms with Crippen LogP contribution in [0, 0.1) is 6.08 Å². The van der Waals surface area contributed by atoms with Gasteiger partial charge < -0.3 is 0 Å². The average molecular weight is 73.1 g/mol. The highest BCUT2D eigenvalue weighted by Gasteiger charge is 1.56. The lowest BCUT2D eigenvalue weighted by Gasteiger charge is -1.61. The highest BCUT2D eigenvalue weighted by atomic mass is 19.1. The SMILES string of the molecule is C[C]=CCF. The predicted octanol–water partition coefficient (Wildman–Crippen LogP) is 1.34. The Kier molecular flexibility index (Phi) is 3.43. The minimum absolute atomic E-state index is 0.392. The number of halogens is 1. The molecule has 0 nitrogen and oxygen atoms in total. The van der Waals surface area contributed by atoms with E-state index in [2.05, 4.69) is 6.08 Å². The third-order valence-electron chi connectivity index (χ3n) is 0.281. The number of rotatable bonds is 1. The van der Waals surface area contributed by atoms with Crippen molar-refractivity contribution in [2.75, 3.05) is 6.67 Å². The Labute approximate surface area is 31.3 Å². The van der Waals surface area contributed by atoms with Gasteiger partial charge in [0.25, 0.3) is 0 Å². The van der Waals surface area contributed by atoms with Crippen LogP contribution in [0.1, 0.15) is 6.92 Å². The third-order valence-corrected chi connectivity index (χ3v) is 0.281. The Morgan fingerprint density at radius 2 is 2.60 bits per heavy atom. The zero-order chi connectivity index (χ0) is 4.12. The second kappa shape index (κ2) is 3.67. The van der Waals surface area contributed by atoms with Crippen molar-refractivity contribution in [3.05, 3.63) is 12.2 Å². The lowest BCUT2D eigenvalue weighted by Crippen LogP contribution is -1.54. The van der Waals surface area contributed by atoms with Gasteiger partial charge in [-0.15, -0.1) is 0 Å². The van der Waals surface area contributed by atoms with E-state index in [1.54, 1.807) is 6.92 Å². The summed E-state index contributed by atoms with van der Waals surface area (Å²) >= 11 is 0. The van der Waals surface area contributed by atoms with Crippen molar-refractivity contribution in [1.82, 2.24) is 0 Å². The molecule has 0 amide bonds. The molecule has 0 N–H and O–H groups in total. The van der Waals surface area contributed by atoms with E-state index < -0.39 is 6.67 Å². The maximum atomic E-state index is 10.9. The van der Waals surface area contributed by atoms with E-state index in [9.17, 15) is 4.39 Å². The molecule has 0 aliphatic carbocycles. The first-order chi connectivity index (χ1) is 2.41. The summed E-state index contributed by atoms with van der Waals surface area (Å²) < 4.78 is 10.9. The predicted molar refractivity (Wildman–Crippen MR) is 19.5 cm³/mol. The van der Waals surface area contributed by atoms with Crippen molar-refractivity contribution in [2.45, 2.75) is 6.92 Å². The number of allylic oxidation sites excluding steroid dienone is 2. The molecule has 0 bridgehead atoms. The molecule has 29 valence electrons. The van der Waals surface area contributed by atoms with Crippen molar-refractivity contribution in [1.29, 1.82) is 0 Å². The Morgan fingerprint density at radius 3 is 2.60 bits per heavy atom. The van der Waals surface area contributed by atoms with Gasteiger partial charge in [-0.1, -0.05) is 6.08 Å². The average Bonchev–Trinajstić information content (AvgIpc) is 1.41. The van der Waals surface area contributed by atoms with E-state index in [1.165, 1.54) is 6.08 Å². The molecular weight excluding hydrogens is 67.0 g/mol. The molecule has 1 radical (unpaired) electrons. The summed E-state index contributed by atoms with van der Waals surface area (Å²) in [6.07, 6.45) is 3.85. The second-order valence-electron chi connectivity index (χ2n) is 0.647. The van der Waals surface area contributed by atoms with Gasteiger partial charge in [0.1, 0.15) is 6.67 Å². The molecule has 0 aromatic carbocycles. The van der Waals surface area contributed by atoms with Gasteiger partial charge in [0.2, 0.25) is 0 Å². The standard InChI is InChI=1S/C4H6F/c1-2-3-4-5/h3H,4H2,1H3. The largest absolute Gasteiger partial charge is 0.247 e. The maximum absolute atomic E-state index is 10.9. The lowest BCUT2D eigenvalue weighted by atomic mass is 10.6. The molecule has 0 unspecified atom stereocenters. The Morgan fingerprint density at radius 1 is 2.00 bits per heavy atom. The summed E-state index contributed by atoms with van der Waals surface area (Å²) in [5.41, 5.74) is 0. The third kappa shape index (κ3) is 3.67. The molecule has 0 atom stereocenters. The number of hydrogen-bond acceptors (Lipinski definition) is 0. The first-order valence-corrected chi connectivity index (χ1v) is 1.46. The lowest BCUT2D eigenvalue weighted by molar-refractivity contribution is 0.560. The smallest absolute Gasteiger partial charge is 0.108 e. The Hall–Kier alpha value is -0.330. The van der Waals surface area contributed by atoms with Crippen molar-refractivity contribution >= 4 is 0 Å². The molecule has 0 saturated heterocycles. The number of hydrogen-bond donors (Lipinski definition) is 0. The second-order valence-corrected chi connectivity index (χ2v) is 0.647. The molecule has 0 saturated carbocycles. The van der Waals surface area contributed by atoms with Crippen LogP contribution >= 0.6 is 0 Å². The van der Waals surface area contributed by atoms with E-state index in [4.69, 9.17) is 0 Å². The first kappa shape index (κ1) is 4.67. The molecule has 0 aromatic rings. The van der Waals surface area contributed by atoms with E-state index in [1.807, 2.05) is 0 Å². The minimum atomic E-state index is -0.392. The zero-order valence-electron chi connectivity index (χ0n) is 3.16. The topological polar surface area (TPSA) is 0 Å². The maximum Gasteiger partial charge on any atom is 0.108 e. The first-order valence-electron chi connectivity index (χ1n) is 1.46. The van der Waals surface area contributed by atoms with Gasteiger partial charge >= 0.3 is 0 Å². The summed E-state index contributed by atoms with van der Waals surface area (Å²) in [4.78, 5) is 0. The van der Waals surface area contributed by atoms with E-state index in [0.717, 1.165) is 0 Å². The van der Waals surface area contributed by atoms with Crippen molar-refractivity contribution < 1.29 is 4.39 Å². The fourth-order valence-electron chi connectivity index (χ4n) is 0.0772. The molecule has 0 heterocycles. The molecule has 5 heavy (non-hydrogen) atoms. The van der Waals surface area contributed by atoms with Crippen LogP contribution in [0.5, 0.6) is 0 Å². The van der Waals surface area contributed by atoms with Gasteiger partial charge in [-0.2, -0.15) is 0 Å². The zero-order valence-corrected chi connectivity index (χ0v) is 3.16. The van der Waals surface area contributed by atoms with E-state index in [0.29, 0.717) is 0 Å². The Bertz CT molecular complexity index is 30.6. The van der Waals surface area contributed by atoms with Gasteiger partial charge in [0.05, 0.1) is 0 Å². The molecule has 1 heteroatoms. The summed E-state index contributed by atoms with van der Waals surface area (Å²) in [5, 5.41) is 0. The molecule has 0 aliphatic rings. The van der Waals surface area contributed by atoms with Crippen LogP contribution in [-0.4, -0.2) is 6.67 Å². The highest BCUT2D eigenvalue weighted by molar-refractivity contribution is 4.66. The highest BCUT2D eigenvalue weighted by Crippen LogP contribution is 1.66. The van der Waals surface area contributed by atoms with Gasteiger partial charge in [0, 0.05) is 0 Å². The van der Waals surface area contributed by atoms with Crippen molar-refractivity contribution in [3.8, 4) is 0 Å². The van der Waals surface area contributed by atoms with Crippen LogP contribution in [0.25, 0.3) is 0 Å². The van der Waals surface area contributed by atoms with Gasteiger partial charge in [-0.05, 0) is 13.0 Å². The van der Waals surface area contributed by atoms with Crippen molar-refractivity contribution in [3.63, 3.8) is 0 Å². The molecule has 0 aliphatic heterocycles. The summed E-state index contributed by atoms with van der Waals surface area (Å²) in [6, 6.07) is 0. The summed E-state index contributed by atoms with van der Waals surface area (Å²) in [5.74, 6) is 0. The summed E-state index contributed by atoms with van der Waals surface area (Å²) in [7, 11) is 0. The van der Waals surface area contributed by atoms with Crippen LogP contribution in [0.4, 0.5) is 4.39 Å². The Balaban J connectivity index is 2.62. The van der Waals surface area contributed by atoms with Gasteiger partial charge in [0.15, 0.2) is 0 Å². The van der Waals surface area contributed by atoms with Crippen molar-refractivity contribution in [2.24, 2.45) is 0 Å². The molecule has 0 fully saturated rings. The summed E-state index contributed by atoms with van der Waals surface area (Å²) in [6.45, 7) is 1.27. The molecule has 0 aromatic heterocycles. The monoisotopic (exact) mass is 73.0 g/mol. The minimum Gasteiger partial charge on any atom is -0.247 e. The van der Waals surface area contributed by atoms with E-state index >= 15 is 0 Å². The fraction of sp³-hybridized carbons (Fsp3) is 0.500.